The maximum Gasteiger partial charge on any atom is 0.239 e. The van der Waals surface area contributed by atoms with Crippen molar-refractivity contribution in [3.63, 3.8) is 0 Å². The molecule has 3 unspecified atom stereocenters. The van der Waals surface area contributed by atoms with Crippen LogP contribution in [0, 0.1) is 17.3 Å². The average Bonchev–Trinajstić information content (AvgIpc) is 2.74. The van der Waals surface area contributed by atoms with E-state index in [1.165, 1.54) is 19.3 Å². The van der Waals surface area contributed by atoms with Crippen LogP contribution < -0.4 is 5.32 Å². The third-order valence-corrected chi connectivity index (χ3v) is 4.10. The first-order valence-corrected chi connectivity index (χ1v) is 6.87. The van der Waals surface area contributed by atoms with Gasteiger partial charge < -0.3 is 10.2 Å². The van der Waals surface area contributed by atoms with Gasteiger partial charge in [-0.25, -0.2) is 0 Å². The molecule has 2 rings (SSSR count). The summed E-state index contributed by atoms with van der Waals surface area (Å²) < 4.78 is 0. The molecular formula is C14H26N2O. The highest BCUT2D eigenvalue weighted by atomic mass is 16.2. The minimum atomic E-state index is 0.0925. The molecule has 2 aliphatic rings. The summed E-state index contributed by atoms with van der Waals surface area (Å²) in [6, 6.07) is 0.0925. The number of amides is 1. The number of nitrogens with zero attached hydrogens (tertiary/aromatic N) is 1. The summed E-state index contributed by atoms with van der Waals surface area (Å²) in [6.07, 6.45) is 3.85. The minimum absolute atomic E-state index is 0.0925. The molecule has 1 amide bonds. The highest BCUT2D eigenvalue weighted by Crippen LogP contribution is 2.38. The van der Waals surface area contributed by atoms with Gasteiger partial charge in [-0.3, -0.25) is 4.79 Å². The second kappa shape index (κ2) is 4.60. The molecular weight excluding hydrogens is 212 g/mol. The van der Waals surface area contributed by atoms with Gasteiger partial charge in [0.1, 0.15) is 0 Å². The van der Waals surface area contributed by atoms with E-state index in [1.54, 1.807) is 0 Å². The Hall–Kier alpha value is -0.570. The Kier molecular flexibility index (Phi) is 3.48. The van der Waals surface area contributed by atoms with Crippen molar-refractivity contribution in [3.05, 3.63) is 0 Å². The van der Waals surface area contributed by atoms with Gasteiger partial charge in [0, 0.05) is 13.6 Å². The fourth-order valence-electron chi connectivity index (χ4n) is 3.48. The molecule has 1 saturated carbocycles. The van der Waals surface area contributed by atoms with Crippen molar-refractivity contribution in [2.24, 2.45) is 17.3 Å². The van der Waals surface area contributed by atoms with E-state index < -0.39 is 0 Å². The molecule has 0 aromatic carbocycles. The van der Waals surface area contributed by atoms with Crippen LogP contribution in [0.3, 0.4) is 0 Å². The van der Waals surface area contributed by atoms with Gasteiger partial charge in [0.2, 0.25) is 5.91 Å². The van der Waals surface area contributed by atoms with Crippen molar-refractivity contribution in [2.75, 3.05) is 20.1 Å². The zero-order valence-electron chi connectivity index (χ0n) is 11.6. The number of nitrogens with one attached hydrogen (secondary N) is 1. The number of rotatable bonds is 2. The zero-order chi connectivity index (χ0) is 12.6. The predicted molar refractivity (Wildman–Crippen MR) is 69.7 cm³/mol. The fraction of sp³-hybridized carbons (Fsp3) is 0.929. The molecule has 0 bridgehead atoms. The van der Waals surface area contributed by atoms with Crippen molar-refractivity contribution >= 4 is 5.91 Å². The first-order chi connectivity index (χ1) is 7.88. The van der Waals surface area contributed by atoms with Crippen LogP contribution in [-0.2, 0) is 4.79 Å². The smallest absolute Gasteiger partial charge is 0.239 e. The largest absolute Gasteiger partial charge is 0.344 e. The molecule has 1 saturated heterocycles. The van der Waals surface area contributed by atoms with Crippen molar-refractivity contribution < 1.29 is 4.79 Å². The third kappa shape index (κ3) is 2.82. The monoisotopic (exact) mass is 238 g/mol. The summed E-state index contributed by atoms with van der Waals surface area (Å²) in [6.45, 7) is 8.41. The van der Waals surface area contributed by atoms with Gasteiger partial charge in [0.25, 0.3) is 0 Å². The highest BCUT2D eigenvalue weighted by molar-refractivity contribution is 5.82. The van der Waals surface area contributed by atoms with E-state index in [2.05, 4.69) is 26.1 Å². The molecule has 0 spiro atoms. The minimum Gasteiger partial charge on any atom is -0.344 e. The molecule has 1 aliphatic carbocycles. The van der Waals surface area contributed by atoms with E-state index in [0.717, 1.165) is 19.0 Å². The summed E-state index contributed by atoms with van der Waals surface area (Å²) in [4.78, 5) is 14.3. The number of carbonyl (C=O) groups is 1. The Labute approximate surface area is 105 Å². The van der Waals surface area contributed by atoms with Crippen LogP contribution in [-0.4, -0.2) is 37.0 Å². The normalized spacial score (nSPS) is 32.6. The van der Waals surface area contributed by atoms with Crippen LogP contribution in [0.4, 0.5) is 0 Å². The molecule has 1 aliphatic heterocycles. The van der Waals surface area contributed by atoms with Crippen molar-refractivity contribution in [1.82, 2.24) is 10.2 Å². The van der Waals surface area contributed by atoms with E-state index >= 15 is 0 Å². The van der Waals surface area contributed by atoms with Crippen LogP contribution in [0.15, 0.2) is 0 Å². The molecule has 3 nitrogen and oxygen atoms in total. The molecule has 98 valence electrons. The lowest BCUT2D eigenvalue weighted by Crippen LogP contribution is -2.47. The lowest BCUT2D eigenvalue weighted by molar-refractivity contribution is -0.134. The number of carbonyl (C=O) groups excluding carboxylic acids is 1. The summed E-state index contributed by atoms with van der Waals surface area (Å²) >= 11 is 0. The number of likely N-dealkylation sites (N-methyl/N-ethyl adjacent to an activating group) is 1. The van der Waals surface area contributed by atoms with Crippen molar-refractivity contribution in [3.8, 4) is 0 Å². The molecule has 1 N–H and O–H groups in total. The van der Waals surface area contributed by atoms with E-state index in [-0.39, 0.29) is 11.5 Å². The highest BCUT2D eigenvalue weighted by Gasteiger charge is 2.43. The lowest BCUT2D eigenvalue weighted by Gasteiger charge is -2.30. The van der Waals surface area contributed by atoms with Gasteiger partial charge in [-0.1, -0.05) is 27.2 Å². The SMILES string of the molecule is CN(CC(C)(C)C)C(=O)C1NCC2CCCC21. The fourth-order valence-corrected chi connectivity index (χ4v) is 3.48. The Bertz CT molecular complexity index is 295. The van der Waals surface area contributed by atoms with Gasteiger partial charge in [-0.15, -0.1) is 0 Å². The summed E-state index contributed by atoms with van der Waals surface area (Å²) in [5.41, 5.74) is 0.179. The third-order valence-electron chi connectivity index (χ3n) is 4.10. The summed E-state index contributed by atoms with van der Waals surface area (Å²) in [5.74, 6) is 1.66. The van der Waals surface area contributed by atoms with Crippen LogP contribution in [0.2, 0.25) is 0 Å². The van der Waals surface area contributed by atoms with Gasteiger partial charge in [0.05, 0.1) is 6.04 Å². The molecule has 17 heavy (non-hydrogen) atoms. The Morgan fingerprint density at radius 1 is 1.35 bits per heavy atom. The standard InChI is InChI=1S/C14H26N2O/c1-14(2,3)9-16(4)13(17)12-11-7-5-6-10(11)8-15-12/h10-12,15H,5-9H2,1-4H3. The number of fused-ring (bicyclic) bond motifs is 1. The molecule has 3 heteroatoms. The van der Waals surface area contributed by atoms with Gasteiger partial charge >= 0.3 is 0 Å². The first kappa shape index (κ1) is 12.9. The lowest BCUT2D eigenvalue weighted by atomic mass is 9.92. The molecule has 2 fully saturated rings. The Morgan fingerprint density at radius 2 is 2.06 bits per heavy atom. The number of hydrogen-bond acceptors (Lipinski definition) is 2. The van der Waals surface area contributed by atoms with Crippen molar-refractivity contribution in [1.29, 1.82) is 0 Å². The van der Waals surface area contributed by atoms with Crippen LogP contribution in [0.25, 0.3) is 0 Å². The second-order valence-electron chi connectivity index (χ2n) is 7.00. The topological polar surface area (TPSA) is 32.3 Å². The number of hydrogen-bond donors (Lipinski definition) is 1. The van der Waals surface area contributed by atoms with E-state index in [9.17, 15) is 4.79 Å². The van der Waals surface area contributed by atoms with Crippen LogP contribution in [0.1, 0.15) is 40.0 Å². The Balaban J connectivity index is 1.95. The maximum atomic E-state index is 12.4. The molecule has 0 radical (unpaired) electrons. The van der Waals surface area contributed by atoms with E-state index in [4.69, 9.17) is 0 Å². The zero-order valence-corrected chi connectivity index (χ0v) is 11.6. The molecule has 3 atom stereocenters. The maximum absolute atomic E-state index is 12.4. The quantitative estimate of drug-likeness (QED) is 0.796. The Morgan fingerprint density at radius 3 is 2.71 bits per heavy atom. The van der Waals surface area contributed by atoms with E-state index in [0.29, 0.717) is 11.8 Å². The van der Waals surface area contributed by atoms with Gasteiger partial charge in [0.15, 0.2) is 0 Å². The molecule has 0 aromatic heterocycles. The summed E-state index contributed by atoms with van der Waals surface area (Å²) in [7, 11) is 1.94. The van der Waals surface area contributed by atoms with E-state index in [1.807, 2.05) is 11.9 Å². The van der Waals surface area contributed by atoms with Gasteiger partial charge in [-0.2, -0.15) is 0 Å². The average molecular weight is 238 g/mol. The molecule has 1 heterocycles. The van der Waals surface area contributed by atoms with Crippen LogP contribution >= 0.6 is 0 Å². The van der Waals surface area contributed by atoms with Gasteiger partial charge in [-0.05, 0) is 36.6 Å². The second-order valence-corrected chi connectivity index (χ2v) is 7.00. The van der Waals surface area contributed by atoms with Crippen molar-refractivity contribution in [2.45, 2.75) is 46.1 Å². The van der Waals surface area contributed by atoms with Crippen LogP contribution in [0.5, 0.6) is 0 Å². The summed E-state index contributed by atoms with van der Waals surface area (Å²) in [5, 5.41) is 3.43. The molecule has 0 aromatic rings. The first-order valence-electron chi connectivity index (χ1n) is 6.87. The predicted octanol–water partition coefficient (Wildman–Crippen LogP) is 1.88.